The number of hydrogen-bond acceptors (Lipinski definition) is 3. The highest BCUT2D eigenvalue weighted by molar-refractivity contribution is 14.1. The number of aromatic nitrogens is 1. The molecule has 4 heteroatoms. The molecule has 0 aliphatic heterocycles. The molecule has 1 aromatic heterocycles. The van der Waals surface area contributed by atoms with Gasteiger partial charge in [-0.25, -0.2) is 4.98 Å². The van der Waals surface area contributed by atoms with Crippen LogP contribution in [0.5, 0.6) is 0 Å². The van der Waals surface area contributed by atoms with Crippen LogP contribution in [-0.4, -0.2) is 15.2 Å². The maximum atomic E-state index is 4.43. The first-order chi connectivity index (χ1) is 5.24. The topological polar surface area (TPSA) is 12.9 Å². The van der Waals surface area contributed by atoms with E-state index in [0.29, 0.717) is 0 Å². The van der Waals surface area contributed by atoms with Gasteiger partial charge in [-0.2, -0.15) is 0 Å². The zero-order valence-electron chi connectivity index (χ0n) is 6.56. The van der Waals surface area contributed by atoms with E-state index in [2.05, 4.69) is 41.4 Å². The number of thiazole rings is 1. The van der Waals surface area contributed by atoms with Crippen molar-refractivity contribution in [2.75, 3.05) is 10.2 Å². The number of thioether (sulfide) groups is 1. The molecule has 0 radical (unpaired) electrons. The molecule has 0 spiro atoms. The smallest absolute Gasteiger partial charge is 0.150 e. The molecular formula is C7H10INS2. The van der Waals surface area contributed by atoms with Crippen LogP contribution in [0, 0.1) is 13.8 Å². The van der Waals surface area contributed by atoms with Gasteiger partial charge in [-0.3, -0.25) is 0 Å². The third-order valence-electron chi connectivity index (χ3n) is 1.31. The third-order valence-corrected chi connectivity index (χ3v) is 4.80. The van der Waals surface area contributed by atoms with Crippen LogP contribution in [-0.2, 0) is 0 Å². The summed E-state index contributed by atoms with van der Waals surface area (Å²) in [5.74, 6) is 1.17. The molecule has 0 aliphatic carbocycles. The Bertz CT molecular complexity index is 215. The lowest BCUT2D eigenvalue weighted by Crippen LogP contribution is -1.77. The highest BCUT2D eigenvalue weighted by Crippen LogP contribution is 2.26. The van der Waals surface area contributed by atoms with Gasteiger partial charge in [-0.1, -0.05) is 34.4 Å². The van der Waals surface area contributed by atoms with Crippen molar-refractivity contribution < 1.29 is 0 Å². The molecule has 1 aromatic rings. The first-order valence-electron chi connectivity index (χ1n) is 3.37. The first kappa shape index (κ1) is 9.80. The quantitative estimate of drug-likeness (QED) is 0.482. The van der Waals surface area contributed by atoms with Gasteiger partial charge >= 0.3 is 0 Å². The van der Waals surface area contributed by atoms with E-state index in [1.165, 1.54) is 25.1 Å². The van der Waals surface area contributed by atoms with Crippen LogP contribution in [0.25, 0.3) is 0 Å². The Labute approximate surface area is 89.1 Å². The lowest BCUT2D eigenvalue weighted by atomic mass is 10.4. The largest absolute Gasteiger partial charge is 0.235 e. The van der Waals surface area contributed by atoms with E-state index in [0.717, 1.165) is 0 Å². The molecule has 0 bridgehead atoms. The molecule has 0 amide bonds. The van der Waals surface area contributed by atoms with Crippen molar-refractivity contribution >= 4 is 45.7 Å². The van der Waals surface area contributed by atoms with E-state index in [1.807, 2.05) is 11.8 Å². The van der Waals surface area contributed by atoms with Gasteiger partial charge in [0, 0.05) is 15.1 Å². The molecule has 0 unspecified atom stereocenters. The van der Waals surface area contributed by atoms with Crippen LogP contribution < -0.4 is 0 Å². The van der Waals surface area contributed by atoms with Crippen molar-refractivity contribution in [1.82, 2.24) is 4.98 Å². The van der Waals surface area contributed by atoms with E-state index in [1.54, 1.807) is 11.3 Å². The van der Waals surface area contributed by atoms with Gasteiger partial charge in [0.05, 0.1) is 5.69 Å². The van der Waals surface area contributed by atoms with Gasteiger partial charge in [0.2, 0.25) is 0 Å². The lowest BCUT2D eigenvalue weighted by molar-refractivity contribution is 1.14. The van der Waals surface area contributed by atoms with Gasteiger partial charge in [0.25, 0.3) is 0 Å². The Hall–Kier alpha value is 0.710. The molecule has 62 valence electrons. The number of aryl methyl sites for hydroxylation is 2. The normalized spacial score (nSPS) is 10.5. The molecule has 0 aliphatic rings. The highest BCUT2D eigenvalue weighted by Gasteiger charge is 2.02. The predicted octanol–water partition coefficient (Wildman–Crippen LogP) is 3.29. The van der Waals surface area contributed by atoms with Gasteiger partial charge in [-0.05, 0) is 13.8 Å². The van der Waals surface area contributed by atoms with Crippen LogP contribution in [0.4, 0.5) is 0 Å². The van der Waals surface area contributed by atoms with Crippen LogP contribution in [0.1, 0.15) is 10.6 Å². The number of rotatable bonds is 3. The van der Waals surface area contributed by atoms with Gasteiger partial charge in [-0.15, -0.1) is 11.3 Å². The molecule has 11 heavy (non-hydrogen) atoms. The monoisotopic (exact) mass is 299 g/mol. The average Bonchev–Trinajstić information content (AvgIpc) is 2.28. The summed E-state index contributed by atoms with van der Waals surface area (Å²) in [4.78, 5) is 5.77. The van der Waals surface area contributed by atoms with E-state index in [-0.39, 0.29) is 0 Å². The Kier molecular flexibility index (Phi) is 4.16. The van der Waals surface area contributed by atoms with Crippen molar-refractivity contribution in [3.8, 4) is 0 Å². The summed E-state index contributed by atoms with van der Waals surface area (Å²) in [5.41, 5.74) is 1.19. The Morgan fingerprint density at radius 2 is 2.27 bits per heavy atom. The SMILES string of the molecule is Cc1nc(SCCI)sc1C. The number of nitrogens with zero attached hydrogens (tertiary/aromatic N) is 1. The van der Waals surface area contributed by atoms with E-state index >= 15 is 0 Å². The van der Waals surface area contributed by atoms with E-state index < -0.39 is 0 Å². The molecule has 1 rings (SSSR count). The van der Waals surface area contributed by atoms with Crippen LogP contribution >= 0.6 is 45.7 Å². The zero-order valence-corrected chi connectivity index (χ0v) is 10.3. The number of hydrogen-bond donors (Lipinski definition) is 0. The highest BCUT2D eigenvalue weighted by atomic mass is 127. The summed E-state index contributed by atoms with van der Waals surface area (Å²) in [5, 5.41) is 0. The summed E-state index contributed by atoms with van der Waals surface area (Å²) >= 11 is 6.04. The van der Waals surface area contributed by atoms with Crippen LogP contribution in [0.15, 0.2) is 4.34 Å². The predicted molar refractivity (Wildman–Crippen MR) is 61.2 cm³/mol. The Balaban J connectivity index is 2.58. The van der Waals surface area contributed by atoms with E-state index in [4.69, 9.17) is 0 Å². The second-order valence-electron chi connectivity index (χ2n) is 2.16. The van der Waals surface area contributed by atoms with Crippen molar-refractivity contribution in [1.29, 1.82) is 0 Å². The fourth-order valence-electron chi connectivity index (χ4n) is 0.631. The van der Waals surface area contributed by atoms with Crippen LogP contribution in [0.3, 0.4) is 0 Å². The molecule has 0 N–H and O–H groups in total. The molecular weight excluding hydrogens is 289 g/mol. The maximum Gasteiger partial charge on any atom is 0.150 e. The number of halogens is 1. The van der Waals surface area contributed by atoms with Crippen molar-refractivity contribution in [2.24, 2.45) is 0 Å². The second kappa shape index (κ2) is 4.67. The zero-order chi connectivity index (χ0) is 8.27. The van der Waals surface area contributed by atoms with Gasteiger partial charge < -0.3 is 0 Å². The molecule has 1 nitrogen and oxygen atoms in total. The Morgan fingerprint density at radius 3 is 2.73 bits per heavy atom. The molecule has 0 fully saturated rings. The van der Waals surface area contributed by atoms with Gasteiger partial charge in [0.15, 0.2) is 0 Å². The summed E-state index contributed by atoms with van der Waals surface area (Å²) in [7, 11) is 0. The molecule has 0 aromatic carbocycles. The van der Waals surface area contributed by atoms with E-state index in [9.17, 15) is 0 Å². The fraction of sp³-hybridized carbons (Fsp3) is 0.571. The first-order valence-corrected chi connectivity index (χ1v) is 6.69. The second-order valence-corrected chi connectivity index (χ2v) is 5.78. The summed E-state index contributed by atoms with van der Waals surface area (Å²) < 4.78 is 2.41. The minimum absolute atomic E-state index is 1.17. The molecule has 1 heterocycles. The minimum Gasteiger partial charge on any atom is -0.235 e. The summed E-state index contributed by atoms with van der Waals surface area (Å²) in [6.45, 7) is 4.20. The molecule has 0 atom stereocenters. The summed E-state index contributed by atoms with van der Waals surface area (Å²) in [6, 6.07) is 0. The average molecular weight is 299 g/mol. The fourth-order valence-corrected chi connectivity index (χ4v) is 3.24. The van der Waals surface area contributed by atoms with Crippen molar-refractivity contribution in [3.63, 3.8) is 0 Å². The maximum absolute atomic E-state index is 4.43. The van der Waals surface area contributed by atoms with Crippen molar-refractivity contribution in [3.05, 3.63) is 10.6 Å². The van der Waals surface area contributed by atoms with Crippen molar-refractivity contribution in [2.45, 2.75) is 18.2 Å². The Morgan fingerprint density at radius 1 is 1.55 bits per heavy atom. The minimum atomic E-state index is 1.17. The number of alkyl halides is 1. The van der Waals surface area contributed by atoms with Crippen LogP contribution in [0.2, 0.25) is 0 Å². The standard InChI is InChI=1S/C7H10INS2/c1-5-6(2)11-7(9-5)10-4-3-8/h3-4H2,1-2H3. The lowest BCUT2D eigenvalue weighted by Gasteiger charge is -1.88. The summed E-state index contributed by atoms with van der Waals surface area (Å²) in [6.07, 6.45) is 0. The molecule has 0 saturated carbocycles. The van der Waals surface area contributed by atoms with Gasteiger partial charge in [0.1, 0.15) is 4.34 Å². The third kappa shape index (κ3) is 2.91. The molecule has 0 saturated heterocycles.